The number of nitrogens with one attached hydrogen (secondary N) is 3. The first-order valence-corrected chi connectivity index (χ1v) is 12.1. The number of carbonyl (C=O) groups excluding carboxylic acids is 1. The average Bonchev–Trinajstić information content (AvgIpc) is 2.79. The Bertz CT molecular complexity index is 1180. The van der Waals surface area contributed by atoms with E-state index in [1.54, 1.807) is 24.3 Å². The standard InChI is InChI=1S/C24H25N3O3S2/c1-3-17(2)27-32(29,30)22-15-13-21(14-16-22)25-24(31)26-23(28)20-11-9-19(10-12-20)18-7-5-4-6-8-18/h4-17,27H,3H2,1-2H3,(H2,25,26,28,31). The summed E-state index contributed by atoms with van der Waals surface area (Å²) in [6.45, 7) is 3.72. The van der Waals surface area contributed by atoms with Crippen LogP contribution in [0, 0.1) is 0 Å². The molecule has 0 aliphatic carbocycles. The van der Waals surface area contributed by atoms with Gasteiger partial charge in [-0.2, -0.15) is 0 Å². The van der Waals surface area contributed by atoms with Gasteiger partial charge in [0, 0.05) is 17.3 Å². The van der Waals surface area contributed by atoms with E-state index in [1.807, 2.05) is 56.3 Å². The van der Waals surface area contributed by atoms with Gasteiger partial charge in [0.2, 0.25) is 10.0 Å². The number of amides is 1. The van der Waals surface area contributed by atoms with Crippen LogP contribution in [0.2, 0.25) is 0 Å². The highest BCUT2D eigenvalue weighted by Crippen LogP contribution is 2.19. The van der Waals surface area contributed by atoms with Crippen LogP contribution in [0.1, 0.15) is 30.6 Å². The van der Waals surface area contributed by atoms with Gasteiger partial charge in [0.05, 0.1) is 4.90 Å². The molecule has 3 rings (SSSR count). The highest BCUT2D eigenvalue weighted by molar-refractivity contribution is 7.89. The van der Waals surface area contributed by atoms with Gasteiger partial charge in [-0.1, -0.05) is 49.4 Å². The lowest BCUT2D eigenvalue weighted by Gasteiger charge is -2.13. The van der Waals surface area contributed by atoms with Gasteiger partial charge in [-0.05, 0) is 73.1 Å². The molecule has 0 aliphatic rings. The number of rotatable bonds is 7. The molecule has 8 heteroatoms. The summed E-state index contributed by atoms with van der Waals surface area (Å²) in [6.07, 6.45) is 0.696. The minimum Gasteiger partial charge on any atom is -0.332 e. The van der Waals surface area contributed by atoms with Crippen LogP contribution >= 0.6 is 12.2 Å². The van der Waals surface area contributed by atoms with Crippen molar-refractivity contribution in [3.8, 4) is 11.1 Å². The van der Waals surface area contributed by atoms with E-state index in [0.717, 1.165) is 11.1 Å². The van der Waals surface area contributed by atoms with Crippen LogP contribution < -0.4 is 15.4 Å². The molecule has 0 fully saturated rings. The molecule has 0 aromatic heterocycles. The molecular formula is C24H25N3O3S2. The maximum absolute atomic E-state index is 12.5. The SMILES string of the molecule is CCC(C)NS(=O)(=O)c1ccc(NC(=S)NC(=O)c2ccc(-c3ccccc3)cc2)cc1. The van der Waals surface area contributed by atoms with E-state index in [2.05, 4.69) is 15.4 Å². The van der Waals surface area contributed by atoms with Crippen LogP contribution in [0.3, 0.4) is 0 Å². The van der Waals surface area contributed by atoms with E-state index in [4.69, 9.17) is 12.2 Å². The average molecular weight is 468 g/mol. The molecule has 0 bridgehead atoms. The zero-order valence-corrected chi connectivity index (χ0v) is 19.5. The molecule has 0 saturated heterocycles. The van der Waals surface area contributed by atoms with Gasteiger partial charge in [0.25, 0.3) is 5.91 Å². The molecule has 0 saturated carbocycles. The van der Waals surface area contributed by atoms with Gasteiger partial charge in [-0.3, -0.25) is 10.1 Å². The number of sulfonamides is 1. The molecule has 3 aromatic carbocycles. The Morgan fingerprint density at radius 1 is 0.906 bits per heavy atom. The molecule has 166 valence electrons. The summed E-state index contributed by atoms with van der Waals surface area (Å²) in [5.74, 6) is -0.334. The van der Waals surface area contributed by atoms with Gasteiger partial charge in [-0.15, -0.1) is 0 Å². The second-order valence-electron chi connectivity index (χ2n) is 7.31. The van der Waals surface area contributed by atoms with Crippen molar-refractivity contribution in [2.45, 2.75) is 31.2 Å². The van der Waals surface area contributed by atoms with Crippen LogP contribution in [0.4, 0.5) is 5.69 Å². The van der Waals surface area contributed by atoms with Crippen molar-refractivity contribution < 1.29 is 13.2 Å². The van der Waals surface area contributed by atoms with Crippen LogP contribution in [0.15, 0.2) is 83.8 Å². The second kappa shape index (κ2) is 10.5. The third kappa shape index (κ3) is 6.23. The van der Waals surface area contributed by atoms with Crippen molar-refractivity contribution >= 4 is 38.9 Å². The topological polar surface area (TPSA) is 87.3 Å². The Balaban J connectivity index is 1.59. The van der Waals surface area contributed by atoms with Crippen molar-refractivity contribution in [1.29, 1.82) is 0 Å². The van der Waals surface area contributed by atoms with Crippen LogP contribution in [0.5, 0.6) is 0 Å². The summed E-state index contributed by atoms with van der Waals surface area (Å²) in [5, 5.41) is 5.65. The van der Waals surface area contributed by atoms with E-state index < -0.39 is 10.0 Å². The lowest BCUT2D eigenvalue weighted by Crippen LogP contribution is -2.34. The van der Waals surface area contributed by atoms with Crippen molar-refractivity contribution in [3.05, 3.63) is 84.4 Å². The van der Waals surface area contributed by atoms with Gasteiger partial charge in [0.15, 0.2) is 5.11 Å². The molecule has 1 amide bonds. The van der Waals surface area contributed by atoms with Crippen LogP contribution in [-0.4, -0.2) is 25.5 Å². The number of anilines is 1. The maximum Gasteiger partial charge on any atom is 0.257 e. The van der Waals surface area contributed by atoms with Gasteiger partial charge < -0.3 is 5.32 Å². The van der Waals surface area contributed by atoms with E-state index in [0.29, 0.717) is 17.7 Å². The fraction of sp³-hybridized carbons (Fsp3) is 0.167. The Labute approximate surface area is 194 Å². The molecule has 1 atom stereocenters. The highest BCUT2D eigenvalue weighted by atomic mass is 32.2. The third-order valence-electron chi connectivity index (χ3n) is 4.87. The summed E-state index contributed by atoms with van der Waals surface area (Å²) >= 11 is 5.22. The van der Waals surface area contributed by atoms with Gasteiger partial charge in [0.1, 0.15) is 0 Å². The van der Waals surface area contributed by atoms with E-state index in [-0.39, 0.29) is 22.0 Å². The molecule has 6 nitrogen and oxygen atoms in total. The smallest absolute Gasteiger partial charge is 0.257 e. The second-order valence-corrected chi connectivity index (χ2v) is 9.43. The fourth-order valence-electron chi connectivity index (χ4n) is 2.92. The summed E-state index contributed by atoms with van der Waals surface area (Å²) in [7, 11) is -3.58. The predicted octanol–water partition coefficient (Wildman–Crippen LogP) is 4.56. The fourth-order valence-corrected chi connectivity index (χ4v) is 4.45. The summed E-state index contributed by atoms with van der Waals surface area (Å²) in [5.41, 5.74) is 3.13. The zero-order chi connectivity index (χ0) is 23.1. The normalized spacial score (nSPS) is 12.1. The van der Waals surface area contributed by atoms with E-state index in [9.17, 15) is 13.2 Å². The Hall–Kier alpha value is -3.07. The zero-order valence-electron chi connectivity index (χ0n) is 17.8. The third-order valence-corrected chi connectivity index (χ3v) is 6.68. The number of benzene rings is 3. The number of thiocarbonyl (C=S) groups is 1. The largest absolute Gasteiger partial charge is 0.332 e. The number of carbonyl (C=O) groups is 1. The first-order chi connectivity index (χ1) is 15.3. The molecule has 0 radical (unpaired) electrons. The maximum atomic E-state index is 12.5. The molecule has 1 unspecified atom stereocenters. The lowest BCUT2D eigenvalue weighted by molar-refractivity contribution is 0.0977. The molecule has 0 aliphatic heterocycles. The number of hydrogen-bond donors (Lipinski definition) is 3. The monoisotopic (exact) mass is 467 g/mol. The lowest BCUT2D eigenvalue weighted by atomic mass is 10.0. The van der Waals surface area contributed by atoms with Crippen LogP contribution in [-0.2, 0) is 10.0 Å². The predicted molar refractivity (Wildman–Crippen MR) is 132 cm³/mol. The molecule has 32 heavy (non-hydrogen) atoms. The first kappa shape index (κ1) is 23.6. The van der Waals surface area contributed by atoms with Crippen molar-refractivity contribution in [3.63, 3.8) is 0 Å². The minimum absolute atomic E-state index is 0.121. The highest BCUT2D eigenvalue weighted by Gasteiger charge is 2.16. The van der Waals surface area contributed by atoms with E-state index >= 15 is 0 Å². The summed E-state index contributed by atoms with van der Waals surface area (Å²) in [6, 6.07) is 23.1. The van der Waals surface area contributed by atoms with Crippen molar-refractivity contribution in [2.75, 3.05) is 5.32 Å². The molecule has 0 heterocycles. The first-order valence-electron chi connectivity index (χ1n) is 10.2. The van der Waals surface area contributed by atoms with Crippen LogP contribution in [0.25, 0.3) is 11.1 Å². The Morgan fingerprint density at radius 3 is 2.09 bits per heavy atom. The minimum atomic E-state index is -3.58. The number of hydrogen-bond acceptors (Lipinski definition) is 4. The van der Waals surface area contributed by atoms with Crippen molar-refractivity contribution in [1.82, 2.24) is 10.0 Å². The summed E-state index contributed by atoms with van der Waals surface area (Å²) in [4.78, 5) is 12.6. The van der Waals surface area contributed by atoms with Gasteiger partial charge >= 0.3 is 0 Å². The Kier molecular flexibility index (Phi) is 7.74. The van der Waals surface area contributed by atoms with Gasteiger partial charge in [-0.25, -0.2) is 13.1 Å². The molecule has 0 spiro atoms. The summed E-state index contributed by atoms with van der Waals surface area (Å²) < 4.78 is 27.3. The quantitative estimate of drug-likeness (QED) is 0.444. The molecule has 3 aromatic rings. The Morgan fingerprint density at radius 2 is 1.50 bits per heavy atom. The molecule has 3 N–H and O–H groups in total. The molecular weight excluding hydrogens is 442 g/mol. The van der Waals surface area contributed by atoms with Crippen molar-refractivity contribution in [2.24, 2.45) is 0 Å². The van der Waals surface area contributed by atoms with E-state index in [1.165, 1.54) is 12.1 Å².